The van der Waals surface area contributed by atoms with Gasteiger partial charge in [-0.1, -0.05) is 57.0 Å². The van der Waals surface area contributed by atoms with Gasteiger partial charge in [0.15, 0.2) is 0 Å². The fourth-order valence-electron chi connectivity index (χ4n) is 3.35. The molecular weight excluding hydrogens is 228 g/mol. The molecule has 0 aromatic rings. The van der Waals surface area contributed by atoms with Crippen molar-refractivity contribution in [2.75, 3.05) is 0 Å². The van der Waals surface area contributed by atoms with Crippen molar-refractivity contribution in [2.24, 2.45) is 0 Å². The lowest BCUT2D eigenvalue weighted by Crippen LogP contribution is -1.96. The van der Waals surface area contributed by atoms with Gasteiger partial charge in [-0.2, -0.15) is 0 Å². The molecular formula is C19H24. The Bertz CT molecular complexity index is 536. The minimum Gasteiger partial charge on any atom is -0.0614 e. The van der Waals surface area contributed by atoms with Crippen LogP contribution in [0, 0.1) is 0 Å². The molecule has 0 heterocycles. The van der Waals surface area contributed by atoms with Crippen LogP contribution in [0.4, 0.5) is 0 Å². The van der Waals surface area contributed by atoms with Crippen molar-refractivity contribution in [1.82, 2.24) is 0 Å². The van der Waals surface area contributed by atoms with E-state index in [4.69, 9.17) is 0 Å². The quantitative estimate of drug-likeness (QED) is 0.622. The Morgan fingerprint density at radius 2 is 1.68 bits per heavy atom. The van der Waals surface area contributed by atoms with Crippen LogP contribution in [0.25, 0.3) is 11.1 Å². The standard InChI is InChI=1S/C19H24/c1-14(2)15-9-7-11-19-17(12-15)13-16-8-5-3-4-6-10-18(16)19/h7,9,11-14H,3-6,8,10H2,1-2H3. The monoisotopic (exact) mass is 252 g/mol. The number of rotatable bonds is 1. The lowest BCUT2D eigenvalue weighted by atomic mass is 9.95. The molecule has 0 saturated carbocycles. The maximum atomic E-state index is 2.46. The van der Waals surface area contributed by atoms with Gasteiger partial charge in [-0.15, -0.1) is 0 Å². The van der Waals surface area contributed by atoms with Crippen molar-refractivity contribution in [3.63, 3.8) is 0 Å². The van der Waals surface area contributed by atoms with Crippen LogP contribution < -0.4 is 0 Å². The zero-order valence-electron chi connectivity index (χ0n) is 12.2. The zero-order valence-corrected chi connectivity index (χ0v) is 12.2. The van der Waals surface area contributed by atoms with Gasteiger partial charge in [0.2, 0.25) is 0 Å². The average Bonchev–Trinajstić information content (AvgIpc) is 2.55. The number of fused-ring (bicyclic) bond motifs is 3. The molecule has 0 bridgehead atoms. The molecule has 0 nitrogen and oxygen atoms in total. The van der Waals surface area contributed by atoms with Gasteiger partial charge in [-0.05, 0) is 59.4 Å². The summed E-state index contributed by atoms with van der Waals surface area (Å²) in [6, 6.07) is 11.7. The van der Waals surface area contributed by atoms with Crippen molar-refractivity contribution in [2.45, 2.75) is 58.3 Å². The maximum absolute atomic E-state index is 2.46. The first-order valence-corrected chi connectivity index (χ1v) is 7.80. The molecule has 0 amide bonds. The molecule has 0 radical (unpaired) electrons. The highest BCUT2D eigenvalue weighted by Crippen LogP contribution is 2.36. The molecule has 0 atom stereocenters. The van der Waals surface area contributed by atoms with Gasteiger partial charge >= 0.3 is 0 Å². The lowest BCUT2D eigenvalue weighted by molar-refractivity contribution is 0.619. The minimum absolute atomic E-state index is 0.605. The van der Waals surface area contributed by atoms with E-state index in [9.17, 15) is 0 Å². The van der Waals surface area contributed by atoms with E-state index in [1.54, 1.807) is 11.1 Å². The minimum atomic E-state index is 0.605. The third kappa shape index (κ3) is 2.54. The van der Waals surface area contributed by atoms with Crippen molar-refractivity contribution in [3.05, 3.63) is 47.0 Å². The third-order valence-corrected chi connectivity index (χ3v) is 4.52. The van der Waals surface area contributed by atoms with Gasteiger partial charge in [-0.3, -0.25) is 0 Å². The second-order valence-corrected chi connectivity index (χ2v) is 6.26. The predicted molar refractivity (Wildman–Crippen MR) is 83.0 cm³/mol. The van der Waals surface area contributed by atoms with Crippen LogP contribution in [0.1, 0.15) is 62.1 Å². The van der Waals surface area contributed by atoms with Gasteiger partial charge in [0.05, 0.1) is 0 Å². The van der Waals surface area contributed by atoms with Crippen LogP contribution in [-0.2, 0) is 12.8 Å². The SMILES string of the molecule is CC(C)c1cccc2c3c(cc-2c1)CCCCCC3. The molecule has 3 rings (SSSR count). The van der Waals surface area contributed by atoms with Crippen LogP contribution in [0.2, 0.25) is 0 Å². The summed E-state index contributed by atoms with van der Waals surface area (Å²) >= 11 is 0. The van der Waals surface area contributed by atoms with Crippen LogP contribution in [0.5, 0.6) is 0 Å². The Morgan fingerprint density at radius 1 is 0.895 bits per heavy atom. The van der Waals surface area contributed by atoms with Crippen molar-refractivity contribution in [1.29, 1.82) is 0 Å². The summed E-state index contributed by atoms with van der Waals surface area (Å²) in [6.07, 6.45) is 8.10. The second-order valence-electron chi connectivity index (χ2n) is 6.26. The molecule has 0 unspecified atom stereocenters. The van der Waals surface area contributed by atoms with Crippen LogP contribution in [0.3, 0.4) is 0 Å². The summed E-state index contributed by atoms with van der Waals surface area (Å²) in [5, 5.41) is 0. The summed E-state index contributed by atoms with van der Waals surface area (Å²) in [6.45, 7) is 4.56. The van der Waals surface area contributed by atoms with Gasteiger partial charge in [0.25, 0.3) is 0 Å². The molecule has 0 saturated heterocycles. The van der Waals surface area contributed by atoms with Crippen LogP contribution in [0.15, 0.2) is 30.3 Å². The molecule has 0 aliphatic heterocycles. The van der Waals surface area contributed by atoms with Crippen molar-refractivity contribution >= 4 is 0 Å². The normalized spacial score (nSPS) is 16.2. The van der Waals surface area contributed by atoms with E-state index in [0.717, 1.165) is 0 Å². The molecule has 0 spiro atoms. The zero-order chi connectivity index (χ0) is 13.2. The van der Waals surface area contributed by atoms with E-state index in [1.165, 1.54) is 55.2 Å². The molecule has 0 fully saturated rings. The van der Waals surface area contributed by atoms with E-state index in [0.29, 0.717) is 5.92 Å². The number of hydrogen-bond donors (Lipinski definition) is 0. The first-order chi connectivity index (χ1) is 9.25. The van der Waals surface area contributed by atoms with E-state index in [-0.39, 0.29) is 0 Å². The largest absolute Gasteiger partial charge is 0.0614 e. The third-order valence-electron chi connectivity index (χ3n) is 4.52. The Balaban J connectivity index is 2.10. The van der Waals surface area contributed by atoms with Gasteiger partial charge in [0.1, 0.15) is 0 Å². The van der Waals surface area contributed by atoms with Gasteiger partial charge in [0, 0.05) is 0 Å². The number of aryl methyl sites for hydroxylation is 1. The highest BCUT2D eigenvalue weighted by molar-refractivity contribution is 5.74. The van der Waals surface area contributed by atoms with Gasteiger partial charge < -0.3 is 0 Å². The smallest absolute Gasteiger partial charge is 0.0149 e. The lowest BCUT2D eigenvalue weighted by Gasteiger charge is -2.10. The molecule has 0 aromatic carbocycles. The van der Waals surface area contributed by atoms with Crippen LogP contribution in [-0.4, -0.2) is 0 Å². The van der Waals surface area contributed by atoms with E-state index in [2.05, 4.69) is 44.2 Å². The highest BCUT2D eigenvalue weighted by Gasteiger charge is 2.16. The molecule has 3 aliphatic carbocycles. The summed E-state index contributed by atoms with van der Waals surface area (Å²) in [4.78, 5) is 0. The Kier molecular flexibility index (Phi) is 3.59. The molecule has 0 N–H and O–H groups in total. The molecule has 3 aliphatic rings. The Labute approximate surface area is 117 Å². The fourth-order valence-corrected chi connectivity index (χ4v) is 3.35. The fraction of sp³-hybridized carbons (Fsp3) is 0.474. The first-order valence-electron chi connectivity index (χ1n) is 7.80. The summed E-state index contributed by atoms with van der Waals surface area (Å²) in [7, 11) is 0. The van der Waals surface area contributed by atoms with Crippen molar-refractivity contribution in [3.8, 4) is 11.1 Å². The summed E-state index contributed by atoms with van der Waals surface area (Å²) < 4.78 is 0. The first kappa shape index (κ1) is 12.7. The van der Waals surface area contributed by atoms with Crippen molar-refractivity contribution < 1.29 is 0 Å². The van der Waals surface area contributed by atoms with E-state index in [1.807, 2.05) is 0 Å². The average molecular weight is 252 g/mol. The second kappa shape index (κ2) is 5.36. The van der Waals surface area contributed by atoms with E-state index >= 15 is 0 Å². The topological polar surface area (TPSA) is 0 Å². The van der Waals surface area contributed by atoms with Gasteiger partial charge in [-0.25, -0.2) is 0 Å². The Hall–Kier alpha value is -1.30. The molecule has 100 valence electrons. The van der Waals surface area contributed by atoms with Crippen LogP contribution >= 0.6 is 0 Å². The summed E-state index contributed by atoms with van der Waals surface area (Å²) in [5.41, 5.74) is 7.67. The molecule has 0 heteroatoms. The predicted octanol–water partition coefficient (Wildman–Crippen LogP) is 5.57. The molecule has 0 aromatic heterocycles. The maximum Gasteiger partial charge on any atom is -0.0149 e. The number of hydrogen-bond acceptors (Lipinski definition) is 0. The molecule has 19 heavy (non-hydrogen) atoms. The summed E-state index contributed by atoms with van der Waals surface area (Å²) in [5.74, 6) is 0.605. The van der Waals surface area contributed by atoms with E-state index < -0.39 is 0 Å². The Morgan fingerprint density at radius 3 is 2.47 bits per heavy atom. The highest BCUT2D eigenvalue weighted by atomic mass is 14.2.